The molecule has 1 aliphatic carbocycles. The second kappa shape index (κ2) is 5.64. The highest BCUT2D eigenvalue weighted by Crippen LogP contribution is 2.44. The molecule has 2 aromatic rings. The van der Waals surface area contributed by atoms with E-state index in [1.807, 2.05) is 0 Å². The first-order valence-electron chi connectivity index (χ1n) is 7.62. The molecule has 0 radical (unpaired) electrons. The van der Waals surface area contributed by atoms with Crippen LogP contribution in [0.5, 0.6) is 0 Å². The van der Waals surface area contributed by atoms with Crippen molar-refractivity contribution in [3.05, 3.63) is 11.1 Å². The van der Waals surface area contributed by atoms with Gasteiger partial charge < -0.3 is 19.7 Å². The number of aromatic amines is 1. The summed E-state index contributed by atoms with van der Waals surface area (Å²) in [7, 11) is 0. The van der Waals surface area contributed by atoms with Gasteiger partial charge in [-0.25, -0.2) is 4.98 Å². The maximum atomic E-state index is 8.75. The van der Waals surface area contributed by atoms with E-state index >= 15 is 0 Å². The predicted octanol–water partition coefficient (Wildman–Crippen LogP) is 1.50. The summed E-state index contributed by atoms with van der Waals surface area (Å²) in [6.07, 6.45) is 3.11. The maximum Gasteiger partial charge on any atom is 0.226 e. The van der Waals surface area contributed by atoms with Crippen molar-refractivity contribution >= 4 is 28.6 Å². The smallest absolute Gasteiger partial charge is 0.226 e. The van der Waals surface area contributed by atoms with Gasteiger partial charge in [0.25, 0.3) is 0 Å². The summed E-state index contributed by atoms with van der Waals surface area (Å²) in [6, 6.07) is 0.576. The molecule has 4 heterocycles. The third kappa shape index (κ3) is 2.43. The van der Waals surface area contributed by atoms with Crippen LogP contribution in [-0.4, -0.2) is 50.8 Å². The van der Waals surface area contributed by atoms with E-state index in [0.717, 1.165) is 23.8 Å². The zero-order valence-corrected chi connectivity index (χ0v) is 12.9. The normalized spacial score (nSPS) is 23.3. The molecule has 22 heavy (non-hydrogen) atoms. The fraction of sp³-hybridized carbons (Fsp3) is 0.643. The highest BCUT2D eigenvalue weighted by molar-refractivity contribution is 6.28. The molecule has 2 N–H and O–H groups in total. The number of aliphatic hydroxyl groups excluding tert-OH is 1. The third-order valence-corrected chi connectivity index (χ3v) is 4.59. The van der Waals surface area contributed by atoms with Gasteiger partial charge in [-0.15, -0.1) is 0 Å². The van der Waals surface area contributed by atoms with E-state index in [4.69, 9.17) is 21.4 Å². The first-order valence-corrected chi connectivity index (χ1v) is 7.99. The van der Waals surface area contributed by atoms with E-state index < -0.39 is 0 Å². The molecule has 2 bridgehead atoms. The maximum absolute atomic E-state index is 8.75. The lowest BCUT2D eigenvalue weighted by atomic mass is 9.86. The van der Waals surface area contributed by atoms with Gasteiger partial charge in [0.15, 0.2) is 11.5 Å². The van der Waals surface area contributed by atoms with Crippen molar-refractivity contribution < 1.29 is 9.84 Å². The molecular weight excluding hydrogens is 306 g/mol. The number of halogens is 1. The summed E-state index contributed by atoms with van der Waals surface area (Å²) in [6.45, 7) is 2.03. The van der Waals surface area contributed by atoms with Crippen LogP contribution in [0, 0.1) is 5.92 Å². The molecule has 3 aliphatic rings. The number of nitrogens with zero attached hydrogens (tertiary/aromatic N) is 4. The fourth-order valence-corrected chi connectivity index (χ4v) is 3.47. The number of ether oxygens (including phenoxy) is 1. The number of hydrogen-bond acceptors (Lipinski definition) is 6. The Balaban J connectivity index is 1.60. The minimum Gasteiger partial charge on any atom is -0.396 e. The van der Waals surface area contributed by atoms with Crippen LogP contribution in [0.3, 0.4) is 0 Å². The van der Waals surface area contributed by atoms with Gasteiger partial charge in [0.2, 0.25) is 5.28 Å². The second-order valence-corrected chi connectivity index (χ2v) is 6.31. The zero-order chi connectivity index (χ0) is 15.1. The Morgan fingerprint density at radius 2 is 2.18 bits per heavy atom. The number of anilines is 1. The Labute approximate surface area is 132 Å². The minimum absolute atomic E-state index is 0.128. The number of nitrogens with one attached hydrogen (secondary N) is 1. The van der Waals surface area contributed by atoms with Crippen LogP contribution in [0.4, 0.5) is 5.82 Å². The van der Waals surface area contributed by atoms with Crippen LogP contribution in [0.25, 0.3) is 11.2 Å². The highest BCUT2D eigenvalue weighted by Gasteiger charge is 2.44. The van der Waals surface area contributed by atoms with Crippen molar-refractivity contribution in [2.45, 2.75) is 31.9 Å². The predicted molar refractivity (Wildman–Crippen MR) is 81.9 cm³/mol. The number of imidazole rings is 1. The molecule has 7 nitrogen and oxygen atoms in total. The van der Waals surface area contributed by atoms with Gasteiger partial charge in [-0.2, -0.15) is 9.97 Å². The first kappa shape index (κ1) is 14.2. The van der Waals surface area contributed by atoms with Crippen LogP contribution in [-0.2, 0) is 11.3 Å². The molecule has 1 saturated carbocycles. The molecule has 0 atom stereocenters. The van der Waals surface area contributed by atoms with Crippen LogP contribution in [0.2, 0.25) is 5.28 Å². The van der Waals surface area contributed by atoms with Crippen LogP contribution >= 0.6 is 11.6 Å². The Morgan fingerprint density at radius 1 is 1.32 bits per heavy atom. The summed E-state index contributed by atoms with van der Waals surface area (Å²) in [5.74, 6) is 2.35. The molecule has 5 rings (SSSR count). The molecule has 2 saturated heterocycles. The van der Waals surface area contributed by atoms with Gasteiger partial charge in [-0.1, -0.05) is 0 Å². The number of H-pyrrole nitrogens is 1. The number of hydrogen-bond donors (Lipinski definition) is 2. The van der Waals surface area contributed by atoms with Gasteiger partial charge in [0.1, 0.15) is 17.9 Å². The van der Waals surface area contributed by atoms with E-state index in [0.29, 0.717) is 37.1 Å². The largest absolute Gasteiger partial charge is 0.396 e. The van der Waals surface area contributed by atoms with Crippen molar-refractivity contribution in [1.82, 2.24) is 19.9 Å². The molecule has 0 amide bonds. The third-order valence-electron chi connectivity index (χ3n) is 4.42. The summed E-state index contributed by atoms with van der Waals surface area (Å²) in [4.78, 5) is 18.6. The Kier molecular flexibility index (Phi) is 3.63. The van der Waals surface area contributed by atoms with Gasteiger partial charge in [0, 0.05) is 25.8 Å². The zero-order valence-electron chi connectivity index (χ0n) is 12.1. The van der Waals surface area contributed by atoms with E-state index in [-0.39, 0.29) is 11.9 Å². The topological polar surface area (TPSA) is 87.2 Å². The minimum atomic E-state index is 0.128. The van der Waals surface area contributed by atoms with Crippen LogP contribution in [0.15, 0.2) is 0 Å². The fourth-order valence-electron chi connectivity index (χ4n) is 3.31. The number of aromatic nitrogens is 4. The average Bonchev–Trinajstić information content (AvgIpc) is 3.14. The summed E-state index contributed by atoms with van der Waals surface area (Å²) in [5.41, 5.74) is 1.41. The van der Waals surface area contributed by atoms with Gasteiger partial charge in [0.05, 0.1) is 0 Å². The molecule has 2 aliphatic heterocycles. The van der Waals surface area contributed by atoms with Crippen molar-refractivity contribution in [1.29, 1.82) is 0 Å². The summed E-state index contributed by atoms with van der Waals surface area (Å²) in [5, 5.41) is 8.98. The van der Waals surface area contributed by atoms with Crippen molar-refractivity contribution in [2.75, 3.05) is 24.7 Å². The second-order valence-electron chi connectivity index (χ2n) is 5.97. The Bertz CT molecular complexity index is 685. The lowest BCUT2D eigenvalue weighted by Crippen LogP contribution is -2.29. The summed E-state index contributed by atoms with van der Waals surface area (Å²) < 4.78 is 5.47. The van der Waals surface area contributed by atoms with Crippen molar-refractivity contribution in [2.24, 2.45) is 5.92 Å². The quantitative estimate of drug-likeness (QED) is 0.619. The molecule has 8 heteroatoms. The molecule has 0 aromatic carbocycles. The van der Waals surface area contributed by atoms with Crippen molar-refractivity contribution in [3.63, 3.8) is 0 Å². The summed E-state index contributed by atoms with van der Waals surface area (Å²) >= 11 is 6.06. The molecule has 0 unspecified atom stereocenters. The molecule has 118 valence electrons. The lowest BCUT2D eigenvalue weighted by molar-refractivity contribution is 0.100. The Hall–Kier alpha value is -1.44. The van der Waals surface area contributed by atoms with E-state index in [1.54, 1.807) is 0 Å². The first-order chi connectivity index (χ1) is 10.7. The SMILES string of the molecule is OCCCOCc1nc2nc(Cl)nc(N3CC4CC3C4)c2[nH]1. The standard InChI is InChI=1S/C14H18ClN5O2/c15-14-18-12-11(16-10(17-12)7-22-3-1-2-21)13(19-14)20-6-8-4-9(20)5-8/h8-9,21H,1-7H2,(H,16,17,18,19). The van der Waals surface area contributed by atoms with E-state index in [1.165, 1.54) is 12.8 Å². The molecule has 0 spiro atoms. The number of rotatable bonds is 6. The van der Waals surface area contributed by atoms with Crippen LogP contribution < -0.4 is 4.90 Å². The van der Waals surface area contributed by atoms with E-state index in [9.17, 15) is 0 Å². The van der Waals surface area contributed by atoms with Gasteiger partial charge in [-0.05, 0) is 36.8 Å². The average molecular weight is 324 g/mol. The number of fused-ring (bicyclic) bond motifs is 2. The van der Waals surface area contributed by atoms with Crippen molar-refractivity contribution in [3.8, 4) is 0 Å². The number of aliphatic hydroxyl groups is 1. The molecule has 3 fully saturated rings. The Morgan fingerprint density at radius 3 is 2.91 bits per heavy atom. The highest BCUT2D eigenvalue weighted by atomic mass is 35.5. The van der Waals surface area contributed by atoms with E-state index in [2.05, 4.69) is 24.8 Å². The monoisotopic (exact) mass is 323 g/mol. The molecule has 2 aromatic heterocycles. The van der Waals surface area contributed by atoms with Gasteiger partial charge in [-0.3, -0.25) is 0 Å². The van der Waals surface area contributed by atoms with Crippen LogP contribution in [0.1, 0.15) is 25.1 Å². The molecular formula is C14H18ClN5O2. The van der Waals surface area contributed by atoms with Gasteiger partial charge >= 0.3 is 0 Å². The lowest BCUT2D eigenvalue weighted by Gasteiger charge is -2.26.